The maximum atomic E-state index is 12.4. The van der Waals surface area contributed by atoms with E-state index in [4.69, 9.17) is 38.6 Å². The fraction of sp³-hybridized carbons (Fsp3) is 0.845. The molecule has 0 aliphatic rings. The van der Waals surface area contributed by atoms with Gasteiger partial charge in [-0.25, -0.2) is 4.79 Å². The van der Waals surface area contributed by atoms with Gasteiger partial charge in [0.1, 0.15) is 6.04 Å². The Hall–Kier alpha value is -5.01. The second kappa shape index (κ2) is 57.8. The van der Waals surface area contributed by atoms with Crippen LogP contribution in [0.5, 0.6) is 0 Å². The summed E-state index contributed by atoms with van der Waals surface area (Å²) in [6, 6.07) is -1.12. The molecule has 0 saturated carbocycles. The molecule has 0 fully saturated rings. The van der Waals surface area contributed by atoms with Gasteiger partial charge in [-0.15, -0.1) is 0 Å². The van der Waals surface area contributed by atoms with Crippen molar-refractivity contribution in [3.05, 3.63) is 0 Å². The first-order valence-electron chi connectivity index (χ1n) is 30.5. The van der Waals surface area contributed by atoms with E-state index in [1.807, 2.05) is 0 Å². The van der Waals surface area contributed by atoms with Crippen LogP contribution in [-0.4, -0.2) is 187 Å². The molecule has 0 aromatic rings. The van der Waals surface area contributed by atoms with Gasteiger partial charge in [-0.05, 0) is 57.8 Å². The van der Waals surface area contributed by atoms with Crippen molar-refractivity contribution in [1.29, 1.82) is 0 Å². The van der Waals surface area contributed by atoms with Gasteiger partial charge in [0.15, 0.2) is 0 Å². The average molecular weight is 1180 g/mol. The second-order valence-electron chi connectivity index (χ2n) is 20.4. The molecular weight excluding hydrogens is 1070 g/mol. The molecule has 476 valence electrons. The molecule has 0 aromatic heterocycles. The van der Waals surface area contributed by atoms with E-state index < -0.39 is 29.9 Å². The van der Waals surface area contributed by atoms with Crippen LogP contribution in [0.15, 0.2) is 0 Å². The van der Waals surface area contributed by atoms with Gasteiger partial charge < -0.3 is 75.6 Å². The summed E-state index contributed by atoms with van der Waals surface area (Å²) in [6.07, 6.45) is 20.3. The zero-order chi connectivity index (χ0) is 60.4. The first-order valence-corrected chi connectivity index (χ1v) is 30.5. The minimum Gasteiger partial charge on any atom is -0.481 e. The van der Waals surface area contributed by atoms with Crippen molar-refractivity contribution < 1.29 is 86.9 Å². The van der Waals surface area contributed by atoms with E-state index in [0.29, 0.717) is 163 Å². The van der Waals surface area contributed by atoms with Crippen molar-refractivity contribution in [2.75, 3.05) is 112 Å². The molecule has 0 spiro atoms. The quantitative estimate of drug-likeness (QED) is 0.0346. The van der Waals surface area contributed by atoms with Crippen molar-refractivity contribution >= 4 is 53.4 Å². The molecule has 0 aliphatic heterocycles. The number of hydrogen-bond donors (Lipinski definition) is 9. The molecule has 6 amide bonds. The average Bonchev–Trinajstić information content (AvgIpc) is 3.44. The highest BCUT2D eigenvalue weighted by Crippen LogP contribution is 2.14. The van der Waals surface area contributed by atoms with Crippen molar-refractivity contribution in [1.82, 2.24) is 31.9 Å². The van der Waals surface area contributed by atoms with Gasteiger partial charge in [0.2, 0.25) is 35.4 Å². The smallest absolute Gasteiger partial charge is 0.326 e. The predicted molar refractivity (Wildman–Crippen MR) is 308 cm³/mol. The van der Waals surface area contributed by atoms with Gasteiger partial charge in [0.05, 0.1) is 58.8 Å². The highest BCUT2D eigenvalue weighted by Gasteiger charge is 2.21. The Morgan fingerprint density at radius 3 is 0.902 bits per heavy atom. The van der Waals surface area contributed by atoms with Crippen molar-refractivity contribution in [2.24, 2.45) is 5.92 Å². The van der Waals surface area contributed by atoms with Gasteiger partial charge in [0, 0.05) is 104 Å². The molecule has 82 heavy (non-hydrogen) atoms. The maximum absolute atomic E-state index is 12.4. The van der Waals surface area contributed by atoms with Crippen LogP contribution >= 0.6 is 0 Å². The van der Waals surface area contributed by atoms with E-state index in [2.05, 4.69) is 31.9 Å². The number of carbonyl (C=O) groups is 9. The minimum atomic E-state index is -1.16. The predicted octanol–water partition coefficient (Wildman–Crippen LogP) is 5.35. The number of carboxylic acid groups (broad SMARTS) is 3. The van der Waals surface area contributed by atoms with Gasteiger partial charge >= 0.3 is 17.9 Å². The number of ether oxygens (including phenoxy) is 6. The molecule has 9 N–H and O–H groups in total. The summed E-state index contributed by atoms with van der Waals surface area (Å²) in [5.74, 6) is -4.55. The first kappa shape index (κ1) is 77.0. The lowest BCUT2D eigenvalue weighted by molar-refractivity contribution is -0.142. The van der Waals surface area contributed by atoms with Crippen LogP contribution in [-0.2, 0) is 71.6 Å². The molecule has 0 rings (SSSR count). The van der Waals surface area contributed by atoms with Crippen molar-refractivity contribution in [3.8, 4) is 0 Å². The third-order valence-electron chi connectivity index (χ3n) is 12.9. The molecule has 2 atom stereocenters. The van der Waals surface area contributed by atoms with Crippen LogP contribution in [0.2, 0.25) is 0 Å². The number of rotatable bonds is 62. The Morgan fingerprint density at radius 1 is 0.293 bits per heavy atom. The zero-order valence-electron chi connectivity index (χ0n) is 49.6. The largest absolute Gasteiger partial charge is 0.481 e. The topological polar surface area (TPSA) is 342 Å². The Kier molecular flexibility index (Phi) is 54.3. The highest BCUT2D eigenvalue weighted by molar-refractivity contribution is 5.85. The first-order chi connectivity index (χ1) is 39.7. The Balaban J connectivity index is 3.54. The summed E-state index contributed by atoms with van der Waals surface area (Å²) in [6.45, 7) is 8.62. The van der Waals surface area contributed by atoms with Crippen LogP contribution in [0.4, 0.5) is 0 Å². The molecule has 24 nitrogen and oxygen atoms in total. The van der Waals surface area contributed by atoms with Gasteiger partial charge in [-0.2, -0.15) is 0 Å². The summed E-state index contributed by atoms with van der Waals surface area (Å²) in [7, 11) is 0. The fourth-order valence-electron chi connectivity index (χ4n) is 8.00. The van der Waals surface area contributed by atoms with E-state index in [-0.39, 0.29) is 86.8 Å². The number of carbonyl (C=O) groups excluding carboxylic acids is 6. The Morgan fingerprint density at radius 2 is 0.585 bits per heavy atom. The third kappa shape index (κ3) is 56.8. The SMILES string of the molecule is CC(CCCCNC(=O)CCC(=O)NCCCOCCOCCOCCCNC(=O)CCC(=O)NCCCOCCOCCOCCCNC(=O)CCC(NC(=O)CCCCCCCCCCCCCCCCC(=O)O)C(=O)O)C(=O)O. The highest BCUT2D eigenvalue weighted by atomic mass is 16.5. The van der Waals surface area contributed by atoms with E-state index in [9.17, 15) is 48.3 Å². The van der Waals surface area contributed by atoms with E-state index in [0.717, 1.165) is 38.5 Å². The lowest BCUT2D eigenvalue weighted by Gasteiger charge is -2.14. The number of nitrogens with one attached hydrogen (secondary N) is 6. The lowest BCUT2D eigenvalue weighted by atomic mass is 10.0. The number of unbranched alkanes of at least 4 members (excludes halogenated alkanes) is 14. The lowest BCUT2D eigenvalue weighted by Crippen LogP contribution is -2.41. The minimum absolute atomic E-state index is 0.00347. The molecule has 0 saturated heterocycles. The molecule has 0 bridgehead atoms. The second-order valence-corrected chi connectivity index (χ2v) is 20.4. The molecule has 0 aliphatic carbocycles. The standard InChI is InChI=1S/C58H106N6O18/c1-48(57(73)74)22-16-17-31-59-51(66)27-28-52(67)61-33-19-37-78-42-46-82-47-43-80-39-21-35-63-54(69)30-29-53(68)62-34-20-38-79-41-45-81-44-40-77-36-18-32-60-50(65)26-25-49(58(75)76)64-55(70)23-14-12-10-8-6-4-2-3-5-7-9-11-13-15-24-56(71)72/h48-49H,2-47H2,1H3,(H,59,66)(H,60,65)(H,61,67)(H,62,68)(H,63,69)(H,64,70)(H,71,72)(H,73,74)(H,75,76). The van der Waals surface area contributed by atoms with Gasteiger partial charge in [-0.1, -0.05) is 90.4 Å². The summed E-state index contributed by atoms with van der Waals surface area (Å²) in [4.78, 5) is 106. The molecular formula is C58H106N6O18. The number of amides is 6. The zero-order valence-corrected chi connectivity index (χ0v) is 49.6. The molecule has 24 heteroatoms. The van der Waals surface area contributed by atoms with Gasteiger partial charge in [-0.3, -0.25) is 38.4 Å². The monoisotopic (exact) mass is 1170 g/mol. The molecule has 0 radical (unpaired) electrons. The number of hydrogen-bond acceptors (Lipinski definition) is 15. The molecule has 0 aromatic carbocycles. The van der Waals surface area contributed by atoms with Crippen LogP contribution in [0.1, 0.15) is 193 Å². The fourth-order valence-corrected chi connectivity index (χ4v) is 8.00. The van der Waals surface area contributed by atoms with E-state index in [1.165, 1.54) is 44.9 Å². The van der Waals surface area contributed by atoms with Crippen molar-refractivity contribution in [3.63, 3.8) is 0 Å². The van der Waals surface area contributed by atoms with Crippen LogP contribution < -0.4 is 31.9 Å². The molecule has 2 unspecified atom stereocenters. The third-order valence-corrected chi connectivity index (χ3v) is 12.9. The van der Waals surface area contributed by atoms with E-state index in [1.54, 1.807) is 6.92 Å². The van der Waals surface area contributed by atoms with Crippen LogP contribution in [0.3, 0.4) is 0 Å². The van der Waals surface area contributed by atoms with Crippen LogP contribution in [0, 0.1) is 5.92 Å². The molecule has 0 heterocycles. The van der Waals surface area contributed by atoms with Crippen LogP contribution in [0.25, 0.3) is 0 Å². The summed E-state index contributed by atoms with van der Waals surface area (Å²) in [5.41, 5.74) is 0. The summed E-state index contributed by atoms with van der Waals surface area (Å²) < 4.78 is 33.1. The number of carboxylic acids is 3. The summed E-state index contributed by atoms with van der Waals surface area (Å²) >= 11 is 0. The van der Waals surface area contributed by atoms with Crippen molar-refractivity contribution in [2.45, 2.75) is 199 Å². The Bertz CT molecular complexity index is 1680. The van der Waals surface area contributed by atoms with E-state index >= 15 is 0 Å². The normalized spacial score (nSPS) is 11.8. The number of aliphatic carboxylic acids is 3. The Labute approximate surface area is 487 Å². The summed E-state index contributed by atoms with van der Waals surface area (Å²) in [5, 5.41) is 43.5. The van der Waals surface area contributed by atoms with Gasteiger partial charge in [0.25, 0.3) is 0 Å². The maximum Gasteiger partial charge on any atom is 0.326 e.